The molecule has 1 aromatic rings. The minimum Gasteiger partial charge on any atom is -0.371 e. The highest BCUT2D eigenvalue weighted by Crippen LogP contribution is 2.23. The maximum atomic E-state index is 13.4. The van der Waals surface area contributed by atoms with E-state index in [-0.39, 0.29) is 24.2 Å². The largest absolute Gasteiger partial charge is 0.371 e. The van der Waals surface area contributed by atoms with Crippen molar-refractivity contribution in [2.75, 3.05) is 11.9 Å². The van der Waals surface area contributed by atoms with Crippen molar-refractivity contribution in [1.29, 1.82) is 0 Å². The summed E-state index contributed by atoms with van der Waals surface area (Å²) in [5.41, 5.74) is -0.294. The molecule has 0 fully saturated rings. The molecule has 0 saturated carbocycles. The molecule has 0 aromatic heterocycles. The molecule has 100 valence electrons. The highest BCUT2D eigenvalue weighted by molar-refractivity contribution is 9.10. The van der Waals surface area contributed by atoms with Crippen LogP contribution in [0, 0.1) is 11.6 Å². The van der Waals surface area contributed by atoms with Crippen LogP contribution in [0.5, 0.6) is 0 Å². The van der Waals surface area contributed by atoms with Crippen molar-refractivity contribution in [2.45, 2.75) is 26.3 Å². The number of amides is 1. The predicted octanol–water partition coefficient (Wildman–Crippen LogP) is 3.05. The van der Waals surface area contributed by atoms with Gasteiger partial charge in [0, 0.05) is 10.5 Å². The SMILES string of the molecule is CCC(C)NC(=O)CNc1c(F)cc(Br)cc1F. The molecule has 2 N–H and O–H groups in total. The van der Waals surface area contributed by atoms with Gasteiger partial charge in [-0.1, -0.05) is 22.9 Å². The molecule has 0 saturated heterocycles. The molecule has 1 aromatic carbocycles. The van der Waals surface area contributed by atoms with Gasteiger partial charge in [0.2, 0.25) is 5.91 Å². The Kier molecular flexibility index (Phi) is 5.53. The van der Waals surface area contributed by atoms with E-state index >= 15 is 0 Å². The molecule has 3 nitrogen and oxygen atoms in total. The molecule has 0 aliphatic carbocycles. The number of rotatable bonds is 5. The third kappa shape index (κ3) is 4.25. The molecule has 0 radical (unpaired) electrons. The van der Waals surface area contributed by atoms with Gasteiger partial charge in [0.05, 0.1) is 6.54 Å². The lowest BCUT2D eigenvalue weighted by Gasteiger charge is -2.13. The molecule has 1 amide bonds. The summed E-state index contributed by atoms with van der Waals surface area (Å²) in [5, 5.41) is 5.15. The first-order valence-corrected chi connectivity index (χ1v) is 6.41. The van der Waals surface area contributed by atoms with Crippen molar-refractivity contribution in [1.82, 2.24) is 5.32 Å². The van der Waals surface area contributed by atoms with E-state index in [0.29, 0.717) is 4.47 Å². The van der Waals surface area contributed by atoms with Gasteiger partial charge in [-0.05, 0) is 25.5 Å². The van der Waals surface area contributed by atoms with Crippen LogP contribution in [-0.2, 0) is 4.79 Å². The van der Waals surface area contributed by atoms with Crippen LogP contribution in [0.3, 0.4) is 0 Å². The number of benzene rings is 1. The van der Waals surface area contributed by atoms with Gasteiger partial charge >= 0.3 is 0 Å². The Morgan fingerprint density at radius 1 is 1.39 bits per heavy atom. The molecular weight excluding hydrogens is 306 g/mol. The third-order valence-electron chi connectivity index (χ3n) is 2.45. The zero-order chi connectivity index (χ0) is 13.7. The summed E-state index contributed by atoms with van der Waals surface area (Å²) in [4.78, 5) is 11.4. The topological polar surface area (TPSA) is 41.1 Å². The van der Waals surface area contributed by atoms with Gasteiger partial charge in [0.15, 0.2) is 0 Å². The molecule has 0 bridgehead atoms. The van der Waals surface area contributed by atoms with E-state index in [1.807, 2.05) is 13.8 Å². The van der Waals surface area contributed by atoms with Crippen molar-refractivity contribution in [3.63, 3.8) is 0 Å². The molecule has 1 rings (SSSR count). The standard InChI is InChI=1S/C12H15BrF2N2O/c1-3-7(2)17-11(18)6-16-12-9(14)4-8(13)5-10(12)15/h4-5,7,16H,3,6H2,1-2H3,(H,17,18). The summed E-state index contributed by atoms with van der Waals surface area (Å²) in [6, 6.07) is 2.31. The molecule has 6 heteroatoms. The highest BCUT2D eigenvalue weighted by Gasteiger charge is 2.12. The molecule has 0 aliphatic rings. The van der Waals surface area contributed by atoms with Gasteiger partial charge < -0.3 is 10.6 Å². The van der Waals surface area contributed by atoms with Gasteiger partial charge in [-0.3, -0.25) is 4.79 Å². The molecule has 0 spiro atoms. The summed E-state index contributed by atoms with van der Waals surface area (Å²) in [5.74, 6) is -1.78. The number of carbonyl (C=O) groups excluding carboxylic acids is 1. The van der Waals surface area contributed by atoms with E-state index in [2.05, 4.69) is 26.6 Å². The normalized spacial score (nSPS) is 12.1. The van der Waals surface area contributed by atoms with Gasteiger partial charge in [-0.25, -0.2) is 8.78 Å². The molecule has 0 heterocycles. The average molecular weight is 321 g/mol. The number of halogens is 3. The minimum atomic E-state index is -0.738. The van der Waals surface area contributed by atoms with Gasteiger partial charge in [0.1, 0.15) is 17.3 Å². The summed E-state index contributed by atoms with van der Waals surface area (Å²) < 4.78 is 27.2. The number of hydrogen-bond acceptors (Lipinski definition) is 2. The van der Waals surface area contributed by atoms with Gasteiger partial charge in [-0.15, -0.1) is 0 Å². The van der Waals surface area contributed by atoms with Crippen LogP contribution >= 0.6 is 15.9 Å². The van der Waals surface area contributed by atoms with Crippen LogP contribution in [0.4, 0.5) is 14.5 Å². The van der Waals surface area contributed by atoms with Crippen molar-refractivity contribution in [3.05, 3.63) is 28.2 Å². The maximum absolute atomic E-state index is 13.4. The second-order valence-corrected chi connectivity index (χ2v) is 4.89. The summed E-state index contributed by atoms with van der Waals surface area (Å²) in [6.07, 6.45) is 0.798. The fourth-order valence-electron chi connectivity index (χ4n) is 1.31. The van der Waals surface area contributed by atoms with Crippen LogP contribution in [0.1, 0.15) is 20.3 Å². The Morgan fingerprint density at radius 3 is 2.44 bits per heavy atom. The molecular formula is C12H15BrF2N2O. The van der Waals surface area contributed by atoms with Crippen LogP contribution < -0.4 is 10.6 Å². The molecule has 0 aliphatic heterocycles. The third-order valence-corrected chi connectivity index (χ3v) is 2.91. The fourth-order valence-corrected chi connectivity index (χ4v) is 1.71. The lowest BCUT2D eigenvalue weighted by Crippen LogP contribution is -2.36. The van der Waals surface area contributed by atoms with Crippen LogP contribution in [0.15, 0.2) is 16.6 Å². The Hall–Kier alpha value is -1.17. The van der Waals surface area contributed by atoms with Crippen LogP contribution in [0.25, 0.3) is 0 Å². The quantitative estimate of drug-likeness (QED) is 0.875. The van der Waals surface area contributed by atoms with Crippen LogP contribution in [0.2, 0.25) is 0 Å². The Balaban J connectivity index is 2.61. The second kappa shape index (κ2) is 6.68. The molecule has 1 atom stereocenters. The number of anilines is 1. The van der Waals surface area contributed by atoms with E-state index in [4.69, 9.17) is 0 Å². The number of carbonyl (C=O) groups is 1. The smallest absolute Gasteiger partial charge is 0.239 e. The van der Waals surface area contributed by atoms with Crippen LogP contribution in [-0.4, -0.2) is 18.5 Å². The maximum Gasteiger partial charge on any atom is 0.239 e. The molecule has 18 heavy (non-hydrogen) atoms. The van der Waals surface area contributed by atoms with E-state index in [1.165, 1.54) is 0 Å². The first kappa shape index (κ1) is 14.9. The summed E-state index contributed by atoms with van der Waals surface area (Å²) in [6.45, 7) is 3.63. The van der Waals surface area contributed by atoms with Crippen molar-refractivity contribution in [2.24, 2.45) is 0 Å². The zero-order valence-corrected chi connectivity index (χ0v) is 11.8. The summed E-state index contributed by atoms with van der Waals surface area (Å²) in [7, 11) is 0. The fraction of sp³-hybridized carbons (Fsp3) is 0.417. The van der Waals surface area contributed by atoms with E-state index in [1.54, 1.807) is 0 Å². The first-order valence-electron chi connectivity index (χ1n) is 5.61. The van der Waals surface area contributed by atoms with Gasteiger partial charge in [-0.2, -0.15) is 0 Å². The van der Waals surface area contributed by atoms with E-state index < -0.39 is 11.6 Å². The Labute approximate surface area is 113 Å². The zero-order valence-electron chi connectivity index (χ0n) is 10.2. The second-order valence-electron chi connectivity index (χ2n) is 3.97. The molecule has 1 unspecified atom stereocenters. The van der Waals surface area contributed by atoms with E-state index in [0.717, 1.165) is 18.6 Å². The van der Waals surface area contributed by atoms with Gasteiger partial charge in [0.25, 0.3) is 0 Å². The lowest BCUT2D eigenvalue weighted by molar-refractivity contribution is -0.120. The number of hydrogen-bond donors (Lipinski definition) is 2. The van der Waals surface area contributed by atoms with Crippen molar-refractivity contribution >= 4 is 27.5 Å². The minimum absolute atomic E-state index is 0.0407. The highest BCUT2D eigenvalue weighted by atomic mass is 79.9. The van der Waals surface area contributed by atoms with Crippen molar-refractivity contribution < 1.29 is 13.6 Å². The lowest BCUT2D eigenvalue weighted by atomic mass is 10.2. The average Bonchev–Trinajstić information content (AvgIpc) is 2.27. The number of nitrogens with one attached hydrogen (secondary N) is 2. The monoisotopic (exact) mass is 320 g/mol. The van der Waals surface area contributed by atoms with E-state index in [9.17, 15) is 13.6 Å². The van der Waals surface area contributed by atoms with Crippen molar-refractivity contribution in [3.8, 4) is 0 Å². The Morgan fingerprint density at radius 2 is 1.94 bits per heavy atom. The predicted molar refractivity (Wildman–Crippen MR) is 70.4 cm³/mol. The first-order chi connectivity index (χ1) is 8.43. The summed E-state index contributed by atoms with van der Waals surface area (Å²) >= 11 is 2.98. The Bertz CT molecular complexity index is 417.